The number of esters is 1. The van der Waals surface area contributed by atoms with Crippen LogP contribution in [0.2, 0.25) is 0 Å². The van der Waals surface area contributed by atoms with Gasteiger partial charge in [-0.05, 0) is 77.0 Å². The molecule has 0 spiro atoms. The van der Waals surface area contributed by atoms with E-state index in [1.807, 2.05) is 0 Å². The van der Waals surface area contributed by atoms with Crippen molar-refractivity contribution in [3.8, 4) is 0 Å². The molecule has 0 aliphatic rings. The first-order valence-electron chi connectivity index (χ1n) is 40.2. The van der Waals surface area contributed by atoms with Crippen LogP contribution in [-0.2, 0) is 14.3 Å². The van der Waals surface area contributed by atoms with Crippen molar-refractivity contribution in [3.63, 3.8) is 0 Å². The maximum atomic E-state index is 12.6. The van der Waals surface area contributed by atoms with Crippen molar-refractivity contribution < 1.29 is 24.5 Å². The molecule has 88 heavy (non-hydrogen) atoms. The van der Waals surface area contributed by atoms with Gasteiger partial charge in [0.25, 0.3) is 0 Å². The Bertz CT molecular complexity index is 1430. The lowest BCUT2D eigenvalue weighted by Gasteiger charge is -2.22. The second-order valence-electron chi connectivity index (χ2n) is 27.7. The molecule has 0 heterocycles. The summed E-state index contributed by atoms with van der Waals surface area (Å²) in [6, 6.07) is -0.540. The van der Waals surface area contributed by atoms with Crippen LogP contribution in [0.15, 0.2) is 36.5 Å². The quantitative estimate of drug-likeness (QED) is 0.0320. The predicted molar refractivity (Wildman–Crippen MR) is 389 cm³/mol. The van der Waals surface area contributed by atoms with Crippen molar-refractivity contribution in [2.24, 2.45) is 0 Å². The molecule has 0 saturated heterocycles. The van der Waals surface area contributed by atoms with Crippen molar-refractivity contribution in [1.29, 1.82) is 0 Å². The molecule has 0 aliphatic heterocycles. The Morgan fingerprint density at radius 2 is 0.580 bits per heavy atom. The number of aliphatic hydroxyl groups is 2. The van der Waals surface area contributed by atoms with Gasteiger partial charge in [0.2, 0.25) is 5.91 Å². The highest BCUT2D eigenvalue weighted by atomic mass is 16.5. The predicted octanol–water partition coefficient (Wildman–Crippen LogP) is 26.6. The Hall–Kier alpha value is -1.92. The number of hydrogen-bond donors (Lipinski definition) is 3. The Kier molecular flexibility index (Phi) is 75.8. The standard InChI is InChI=1S/C82H157NO5/c1-3-5-7-9-11-13-15-17-19-20-21-22-38-41-44-47-50-54-58-62-66-70-74-80(85)79(78-84)83-81(86)75-71-67-63-59-55-51-48-45-42-39-36-34-32-30-28-26-24-23-25-27-29-31-33-35-37-40-43-46-49-53-57-61-65-69-73-77-88-82(87)76-72-68-64-60-56-52-18-16-14-12-10-8-6-4-2/h10,12,16,18,25,27,79-80,84-85H,3-9,11,13-15,17,19-24,26,28-78H2,1-2H3,(H,83,86)/b12-10-,18-16-,27-25-. The highest BCUT2D eigenvalue weighted by molar-refractivity contribution is 5.76. The minimum Gasteiger partial charge on any atom is -0.466 e. The van der Waals surface area contributed by atoms with E-state index in [9.17, 15) is 19.8 Å². The van der Waals surface area contributed by atoms with E-state index in [1.165, 1.54) is 366 Å². The second kappa shape index (κ2) is 77.5. The third-order valence-corrected chi connectivity index (χ3v) is 18.9. The van der Waals surface area contributed by atoms with Crippen LogP contribution in [0.25, 0.3) is 0 Å². The van der Waals surface area contributed by atoms with Crippen molar-refractivity contribution >= 4 is 11.9 Å². The molecular weight excluding hydrogens is 1080 g/mol. The molecule has 0 radical (unpaired) electrons. The Labute approximate surface area is 551 Å². The number of allylic oxidation sites excluding steroid dienone is 6. The van der Waals surface area contributed by atoms with Crippen LogP contribution in [-0.4, -0.2) is 47.4 Å². The fourth-order valence-corrected chi connectivity index (χ4v) is 12.8. The van der Waals surface area contributed by atoms with Crippen LogP contribution in [0.1, 0.15) is 450 Å². The van der Waals surface area contributed by atoms with E-state index in [1.54, 1.807) is 0 Å². The summed E-state index contributed by atoms with van der Waals surface area (Å²) in [6.07, 6.45) is 101. The fraction of sp³-hybridized carbons (Fsp3) is 0.902. The fourth-order valence-electron chi connectivity index (χ4n) is 12.8. The summed E-state index contributed by atoms with van der Waals surface area (Å²) >= 11 is 0. The molecule has 6 heteroatoms. The summed E-state index contributed by atoms with van der Waals surface area (Å²) < 4.78 is 5.49. The molecule has 520 valence electrons. The summed E-state index contributed by atoms with van der Waals surface area (Å²) in [5.74, 6) is -0.0200. The topological polar surface area (TPSA) is 95.9 Å². The maximum absolute atomic E-state index is 12.6. The van der Waals surface area contributed by atoms with E-state index < -0.39 is 12.1 Å². The largest absolute Gasteiger partial charge is 0.466 e. The highest BCUT2D eigenvalue weighted by Gasteiger charge is 2.20. The van der Waals surface area contributed by atoms with E-state index in [4.69, 9.17) is 4.74 Å². The number of unbranched alkanes of at least 4 members (excludes halogenated alkanes) is 59. The average molecular weight is 1240 g/mol. The molecular formula is C82H157NO5. The molecule has 0 bridgehead atoms. The van der Waals surface area contributed by atoms with Gasteiger partial charge in [-0.15, -0.1) is 0 Å². The molecule has 2 atom stereocenters. The Morgan fingerprint density at radius 1 is 0.318 bits per heavy atom. The normalized spacial score (nSPS) is 12.6. The van der Waals surface area contributed by atoms with Crippen molar-refractivity contribution in [3.05, 3.63) is 36.5 Å². The van der Waals surface area contributed by atoms with E-state index in [-0.39, 0.29) is 18.5 Å². The lowest BCUT2D eigenvalue weighted by molar-refractivity contribution is -0.143. The molecule has 0 saturated carbocycles. The van der Waals surface area contributed by atoms with Crippen LogP contribution >= 0.6 is 0 Å². The molecule has 0 aromatic rings. The zero-order chi connectivity index (χ0) is 63.5. The monoisotopic (exact) mass is 1240 g/mol. The lowest BCUT2D eigenvalue weighted by atomic mass is 10.0. The summed E-state index contributed by atoms with van der Waals surface area (Å²) in [5, 5.41) is 23.5. The van der Waals surface area contributed by atoms with Gasteiger partial charge in [0.1, 0.15) is 0 Å². The van der Waals surface area contributed by atoms with Crippen molar-refractivity contribution in [1.82, 2.24) is 5.32 Å². The number of ether oxygens (including phenoxy) is 1. The molecule has 3 N–H and O–H groups in total. The van der Waals surface area contributed by atoms with Crippen LogP contribution in [0.3, 0.4) is 0 Å². The van der Waals surface area contributed by atoms with Gasteiger partial charge in [-0.2, -0.15) is 0 Å². The number of rotatable bonds is 76. The van der Waals surface area contributed by atoms with Gasteiger partial charge in [-0.25, -0.2) is 0 Å². The van der Waals surface area contributed by atoms with Crippen LogP contribution in [0.4, 0.5) is 0 Å². The Balaban J connectivity index is 3.35. The molecule has 2 unspecified atom stereocenters. The minimum atomic E-state index is -0.663. The molecule has 6 nitrogen and oxygen atoms in total. The van der Waals surface area contributed by atoms with E-state index in [2.05, 4.69) is 55.6 Å². The SMILES string of the molecule is CCCC/C=C\C/C=C\CCCCCCCC(=O)OCCCCCCCCCCCCCCCC/C=C\CCCCCCCCCCCCCCCCCCCC(=O)NC(CO)C(O)CCCCCCCCCCCCCCCCCCCCCCCC. The number of aliphatic hydroxyl groups excluding tert-OH is 2. The van der Waals surface area contributed by atoms with E-state index in [0.717, 1.165) is 51.4 Å². The van der Waals surface area contributed by atoms with Gasteiger partial charge in [-0.1, -0.05) is 397 Å². The summed E-state index contributed by atoms with van der Waals surface area (Å²) in [6.45, 7) is 4.95. The van der Waals surface area contributed by atoms with Gasteiger partial charge in [-0.3, -0.25) is 9.59 Å². The molecule has 0 fully saturated rings. The third-order valence-electron chi connectivity index (χ3n) is 18.9. The molecule has 0 aromatic heterocycles. The molecule has 0 aromatic carbocycles. The van der Waals surface area contributed by atoms with Gasteiger partial charge in [0.05, 0.1) is 25.4 Å². The van der Waals surface area contributed by atoms with Gasteiger partial charge in [0.15, 0.2) is 0 Å². The van der Waals surface area contributed by atoms with Crippen LogP contribution in [0.5, 0.6) is 0 Å². The van der Waals surface area contributed by atoms with Crippen LogP contribution in [0, 0.1) is 0 Å². The van der Waals surface area contributed by atoms with E-state index >= 15 is 0 Å². The number of hydrogen-bond acceptors (Lipinski definition) is 5. The number of carbonyl (C=O) groups excluding carboxylic acids is 2. The minimum absolute atomic E-state index is 0.00617. The van der Waals surface area contributed by atoms with Crippen molar-refractivity contribution in [2.45, 2.75) is 463 Å². The number of amides is 1. The lowest BCUT2D eigenvalue weighted by Crippen LogP contribution is -2.45. The van der Waals surface area contributed by atoms with Crippen LogP contribution < -0.4 is 5.32 Å². The first kappa shape index (κ1) is 86.1. The summed E-state index contributed by atoms with van der Waals surface area (Å²) in [7, 11) is 0. The van der Waals surface area contributed by atoms with Gasteiger partial charge in [0, 0.05) is 12.8 Å². The third kappa shape index (κ3) is 73.1. The molecule has 0 aliphatic carbocycles. The summed E-state index contributed by atoms with van der Waals surface area (Å²) in [5.41, 5.74) is 0. The Morgan fingerprint density at radius 3 is 0.909 bits per heavy atom. The zero-order valence-electron chi connectivity index (χ0n) is 59.7. The first-order valence-corrected chi connectivity index (χ1v) is 40.2. The maximum Gasteiger partial charge on any atom is 0.305 e. The van der Waals surface area contributed by atoms with Gasteiger partial charge < -0.3 is 20.3 Å². The number of carbonyl (C=O) groups is 2. The molecule has 0 rings (SSSR count). The van der Waals surface area contributed by atoms with E-state index in [0.29, 0.717) is 25.9 Å². The summed E-state index contributed by atoms with van der Waals surface area (Å²) in [4.78, 5) is 24.6. The first-order chi connectivity index (χ1) is 43.5. The van der Waals surface area contributed by atoms with Crippen molar-refractivity contribution in [2.75, 3.05) is 13.2 Å². The smallest absolute Gasteiger partial charge is 0.305 e. The number of nitrogens with one attached hydrogen (secondary N) is 1. The van der Waals surface area contributed by atoms with Gasteiger partial charge >= 0.3 is 5.97 Å². The average Bonchev–Trinajstić information content (AvgIpc) is 3.58. The molecule has 1 amide bonds. The second-order valence-corrected chi connectivity index (χ2v) is 27.7. The zero-order valence-corrected chi connectivity index (χ0v) is 59.7. The highest BCUT2D eigenvalue weighted by Crippen LogP contribution is 2.20.